The van der Waals surface area contributed by atoms with Gasteiger partial charge in [-0.3, -0.25) is 0 Å². The summed E-state index contributed by atoms with van der Waals surface area (Å²) in [7, 11) is 0. The van der Waals surface area contributed by atoms with Gasteiger partial charge >= 0.3 is 0 Å². The van der Waals surface area contributed by atoms with Crippen LogP contribution in [0.1, 0.15) is 0 Å². The maximum absolute atomic E-state index is 5.41. The molecule has 0 radical (unpaired) electrons. The van der Waals surface area contributed by atoms with E-state index in [4.69, 9.17) is 9.97 Å². The van der Waals surface area contributed by atoms with Gasteiger partial charge in [-0.25, -0.2) is 9.97 Å². The Morgan fingerprint density at radius 3 is 1.61 bits per heavy atom. The lowest BCUT2D eigenvalue weighted by Crippen LogP contribution is -1.97. The Kier molecular flexibility index (Phi) is 8.17. The maximum atomic E-state index is 5.41. The van der Waals surface area contributed by atoms with Crippen LogP contribution in [0.5, 0.6) is 0 Å². The SMILES string of the molecule is c1ccc(-c2ccc(-c3nc(-c4ccc(-c5ccc6c7ccccc7n(-c7ccccc7)c6c5)cc4)cc(-c4c5ccccc5cc5c4ccc4ccccc45)n3)cc2)cc1. The van der Waals surface area contributed by atoms with Crippen molar-refractivity contribution in [2.75, 3.05) is 0 Å². The van der Waals surface area contributed by atoms with E-state index >= 15 is 0 Å². The molecule has 10 aromatic carbocycles. The minimum atomic E-state index is 0.692. The van der Waals surface area contributed by atoms with Crippen molar-refractivity contribution >= 4 is 54.1 Å². The number of aromatic nitrogens is 3. The molecule has 2 heterocycles. The molecule has 0 spiro atoms. The molecule has 12 aromatic rings. The third-order valence-corrected chi connectivity index (χ3v) is 12.2. The molecule has 0 aliphatic rings. The van der Waals surface area contributed by atoms with Crippen molar-refractivity contribution in [2.24, 2.45) is 0 Å². The Hall–Kier alpha value is -8.14. The van der Waals surface area contributed by atoms with Crippen molar-refractivity contribution in [1.29, 1.82) is 0 Å². The standard InChI is InChI=1S/C58H37N3/c1-3-13-38(14-4-1)39-25-29-43(30-26-39)58-59-53(37-54(60-58)57-48-20-10-8-16-45(48)35-52-47-19-9-7-15-41(47)31-34-51(52)57)42-27-23-40(24-28-42)44-32-33-50-49-21-11-12-22-55(49)61(56(50)36-44)46-17-5-2-6-18-46/h1-37H. The quantitative estimate of drug-likeness (QED) is 0.124. The molecule has 12 rings (SSSR count). The largest absolute Gasteiger partial charge is 0.309 e. The summed E-state index contributed by atoms with van der Waals surface area (Å²) in [5, 5.41) is 9.68. The van der Waals surface area contributed by atoms with Crippen LogP contribution in [0.4, 0.5) is 0 Å². The predicted molar refractivity (Wildman–Crippen MR) is 256 cm³/mol. The van der Waals surface area contributed by atoms with Gasteiger partial charge in [-0.15, -0.1) is 0 Å². The number of para-hydroxylation sites is 2. The molecular formula is C58H37N3. The third kappa shape index (κ3) is 5.98. The second-order valence-electron chi connectivity index (χ2n) is 15.8. The number of hydrogen-bond donors (Lipinski definition) is 0. The van der Waals surface area contributed by atoms with Gasteiger partial charge in [0.1, 0.15) is 0 Å². The monoisotopic (exact) mass is 775 g/mol. The summed E-state index contributed by atoms with van der Waals surface area (Å²) in [5.74, 6) is 0.692. The van der Waals surface area contributed by atoms with Gasteiger partial charge in [0.2, 0.25) is 0 Å². The second kappa shape index (κ2) is 14.3. The Morgan fingerprint density at radius 2 is 0.820 bits per heavy atom. The van der Waals surface area contributed by atoms with Crippen molar-refractivity contribution in [3.8, 4) is 61.8 Å². The fourth-order valence-electron chi connectivity index (χ4n) is 9.23. The number of hydrogen-bond acceptors (Lipinski definition) is 2. The molecule has 0 N–H and O–H groups in total. The fourth-order valence-corrected chi connectivity index (χ4v) is 9.23. The Bertz CT molecular complexity index is 3610. The lowest BCUT2D eigenvalue weighted by Gasteiger charge is -2.15. The van der Waals surface area contributed by atoms with Crippen molar-refractivity contribution in [1.82, 2.24) is 14.5 Å². The van der Waals surface area contributed by atoms with Gasteiger partial charge in [0.05, 0.1) is 22.4 Å². The van der Waals surface area contributed by atoms with Gasteiger partial charge in [-0.1, -0.05) is 188 Å². The third-order valence-electron chi connectivity index (χ3n) is 12.2. The zero-order valence-electron chi connectivity index (χ0n) is 33.2. The molecule has 0 aliphatic carbocycles. The average Bonchev–Trinajstić information content (AvgIpc) is 3.67. The highest BCUT2D eigenvalue weighted by atomic mass is 15.0. The van der Waals surface area contributed by atoms with Gasteiger partial charge in [0.15, 0.2) is 5.82 Å². The van der Waals surface area contributed by atoms with E-state index < -0.39 is 0 Å². The molecule has 284 valence electrons. The highest BCUT2D eigenvalue weighted by Crippen LogP contribution is 2.41. The van der Waals surface area contributed by atoms with E-state index in [0.717, 1.165) is 50.5 Å². The van der Waals surface area contributed by atoms with Crippen LogP contribution in [0.3, 0.4) is 0 Å². The van der Waals surface area contributed by atoms with E-state index in [1.165, 1.54) is 59.7 Å². The highest BCUT2D eigenvalue weighted by Gasteiger charge is 2.18. The van der Waals surface area contributed by atoms with Crippen molar-refractivity contribution in [3.05, 3.63) is 224 Å². The minimum absolute atomic E-state index is 0.692. The highest BCUT2D eigenvalue weighted by molar-refractivity contribution is 6.20. The van der Waals surface area contributed by atoms with Gasteiger partial charge in [0.25, 0.3) is 0 Å². The molecular weight excluding hydrogens is 739 g/mol. The van der Waals surface area contributed by atoms with E-state index in [9.17, 15) is 0 Å². The van der Waals surface area contributed by atoms with Crippen LogP contribution in [-0.4, -0.2) is 14.5 Å². The van der Waals surface area contributed by atoms with Crippen LogP contribution in [0.15, 0.2) is 224 Å². The molecule has 0 saturated carbocycles. The molecule has 0 bridgehead atoms. The summed E-state index contributed by atoms with van der Waals surface area (Å²) in [6.07, 6.45) is 0. The molecule has 61 heavy (non-hydrogen) atoms. The second-order valence-corrected chi connectivity index (χ2v) is 15.8. The van der Waals surface area contributed by atoms with Gasteiger partial charge in [-0.2, -0.15) is 0 Å². The number of nitrogens with zero attached hydrogens (tertiary/aromatic N) is 3. The molecule has 2 aromatic heterocycles. The molecule has 3 nitrogen and oxygen atoms in total. The van der Waals surface area contributed by atoms with E-state index in [2.05, 4.69) is 229 Å². The normalized spacial score (nSPS) is 11.6. The Balaban J connectivity index is 1.02. The molecule has 3 heteroatoms. The van der Waals surface area contributed by atoms with E-state index in [1.54, 1.807) is 0 Å². The fraction of sp³-hybridized carbons (Fsp3) is 0. The summed E-state index contributed by atoms with van der Waals surface area (Å²) < 4.78 is 2.37. The van der Waals surface area contributed by atoms with Gasteiger partial charge < -0.3 is 4.57 Å². The van der Waals surface area contributed by atoms with Crippen molar-refractivity contribution in [2.45, 2.75) is 0 Å². The molecule has 0 aliphatic heterocycles. The van der Waals surface area contributed by atoms with Crippen molar-refractivity contribution in [3.63, 3.8) is 0 Å². The molecule has 0 unspecified atom stereocenters. The number of fused-ring (bicyclic) bond motifs is 7. The Morgan fingerprint density at radius 1 is 0.279 bits per heavy atom. The number of benzene rings is 10. The summed E-state index contributed by atoms with van der Waals surface area (Å²) in [6, 6.07) is 80.5. The zero-order valence-corrected chi connectivity index (χ0v) is 33.2. The topological polar surface area (TPSA) is 30.7 Å². The maximum Gasteiger partial charge on any atom is 0.160 e. The van der Waals surface area contributed by atoms with Crippen LogP contribution in [0.2, 0.25) is 0 Å². The zero-order chi connectivity index (χ0) is 40.3. The molecule has 0 saturated heterocycles. The summed E-state index contributed by atoms with van der Waals surface area (Å²) in [6.45, 7) is 0. The molecule has 0 atom stereocenters. The first-order chi connectivity index (χ1) is 30.2. The molecule has 0 fully saturated rings. The van der Waals surface area contributed by atoms with Gasteiger partial charge in [0, 0.05) is 33.2 Å². The Labute approximate surface area is 353 Å². The average molecular weight is 776 g/mol. The minimum Gasteiger partial charge on any atom is -0.309 e. The predicted octanol–water partition coefficient (Wildman–Crippen LogP) is 15.4. The molecule has 0 amide bonds. The summed E-state index contributed by atoms with van der Waals surface area (Å²) in [4.78, 5) is 10.7. The van der Waals surface area contributed by atoms with Crippen LogP contribution in [-0.2, 0) is 0 Å². The summed E-state index contributed by atoms with van der Waals surface area (Å²) >= 11 is 0. The lowest BCUT2D eigenvalue weighted by atomic mass is 9.91. The van der Waals surface area contributed by atoms with Crippen LogP contribution in [0.25, 0.3) is 116 Å². The van der Waals surface area contributed by atoms with Crippen LogP contribution in [0, 0.1) is 0 Å². The van der Waals surface area contributed by atoms with E-state index in [-0.39, 0.29) is 0 Å². The first-order valence-electron chi connectivity index (χ1n) is 20.8. The van der Waals surface area contributed by atoms with E-state index in [0.29, 0.717) is 5.82 Å². The van der Waals surface area contributed by atoms with Crippen LogP contribution < -0.4 is 0 Å². The first kappa shape index (κ1) is 34.9. The lowest BCUT2D eigenvalue weighted by molar-refractivity contribution is 1.18. The first-order valence-corrected chi connectivity index (χ1v) is 20.8. The van der Waals surface area contributed by atoms with Crippen LogP contribution >= 0.6 is 0 Å². The number of rotatable bonds is 6. The summed E-state index contributed by atoms with van der Waals surface area (Å²) in [5.41, 5.74) is 13.1. The van der Waals surface area contributed by atoms with Gasteiger partial charge in [-0.05, 0) is 91.0 Å². The smallest absolute Gasteiger partial charge is 0.160 e. The van der Waals surface area contributed by atoms with E-state index in [1.807, 2.05) is 0 Å². The van der Waals surface area contributed by atoms with Crippen molar-refractivity contribution < 1.29 is 0 Å².